The van der Waals surface area contributed by atoms with Crippen molar-refractivity contribution in [3.8, 4) is 0 Å². The van der Waals surface area contributed by atoms with Gasteiger partial charge in [-0.15, -0.1) is 0 Å². The van der Waals surface area contributed by atoms with E-state index in [1.807, 2.05) is 22.6 Å². The Bertz CT molecular complexity index is 290. The van der Waals surface area contributed by atoms with Gasteiger partial charge in [-0.2, -0.15) is 0 Å². The molecule has 1 rings (SSSR count). The van der Waals surface area contributed by atoms with E-state index >= 15 is 0 Å². The van der Waals surface area contributed by atoms with Crippen molar-refractivity contribution in [3.05, 3.63) is 21.8 Å². The summed E-state index contributed by atoms with van der Waals surface area (Å²) in [5.41, 5.74) is 0.302. The van der Waals surface area contributed by atoms with Crippen molar-refractivity contribution < 1.29 is 9.53 Å². The first-order valence-electron chi connectivity index (χ1n) is 3.39. The lowest BCUT2D eigenvalue weighted by Crippen LogP contribution is -2.08. The van der Waals surface area contributed by atoms with Crippen LogP contribution < -0.4 is 0 Å². The van der Waals surface area contributed by atoms with Crippen molar-refractivity contribution in [2.24, 2.45) is 0 Å². The third-order valence-corrected chi connectivity index (χ3v) is 1.63. The van der Waals surface area contributed by atoms with Crippen LogP contribution in [0.1, 0.15) is 17.4 Å². The maximum absolute atomic E-state index is 11.1. The van der Waals surface area contributed by atoms with Crippen molar-refractivity contribution in [2.75, 3.05) is 6.61 Å². The zero-order valence-electron chi connectivity index (χ0n) is 6.45. The maximum atomic E-state index is 11.1. The zero-order valence-corrected chi connectivity index (χ0v) is 8.61. The number of aromatic nitrogens is 2. The SMILES string of the molecule is CCOC(=O)c1ccnc(I)n1. The third kappa shape index (κ3) is 2.40. The highest BCUT2D eigenvalue weighted by molar-refractivity contribution is 14.1. The molecule has 0 aliphatic rings. The number of hydrogen-bond donors (Lipinski definition) is 0. The summed E-state index contributed by atoms with van der Waals surface area (Å²) >= 11 is 1.94. The van der Waals surface area contributed by atoms with Gasteiger partial charge in [0, 0.05) is 28.8 Å². The predicted octanol–water partition coefficient (Wildman–Crippen LogP) is 1.26. The zero-order chi connectivity index (χ0) is 8.97. The van der Waals surface area contributed by atoms with Crippen LogP contribution in [-0.2, 0) is 4.74 Å². The molecule has 5 heteroatoms. The van der Waals surface area contributed by atoms with Crippen molar-refractivity contribution in [1.29, 1.82) is 0 Å². The summed E-state index contributed by atoms with van der Waals surface area (Å²) in [5.74, 6) is -0.405. The minimum atomic E-state index is -0.405. The van der Waals surface area contributed by atoms with E-state index in [-0.39, 0.29) is 0 Å². The number of rotatable bonds is 2. The van der Waals surface area contributed by atoms with E-state index in [4.69, 9.17) is 4.74 Å². The van der Waals surface area contributed by atoms with Crippen molar-refractivity contribution in [3.63, 3.8) is 0 Å². The molecular weight excluding hydrogens is 271 g/mol. The number of carbonyl (C=O) groups is 1. The van der Waals surface area contributed by atoms with Crippen LogP contribution in [0, 0.1) is 3.83 Å². The molecule has 0 saturated carbocycles. The van der Waals surface area contributed by atoms with Crippen molar-refractivity contribution in [2.45, 2.75) is 6.92 Å². The molecule has 0 aliphatic heterocycles. The van der Waals surface area contributed by atoms with Crippen molar-refractivity contribution in [1.82, 2.24) is 9.97 Å². The van der Waals surface area contributed by atoms with E-state index in [1.165, 1.54) is 12.3 Å². The Hall–Kier alpha value is -0.720. The fourth-order valence-electron chi connectivity index (χ4n) is 0.654. The Morgan fingerprint density at radius 2 is 2.50 bits per heavy atom. The molecule has 1 heterocycles. The van der Waals surface area contributed by atoms with Gasteiger partial charge in [-0.25, -0.2) is 14.8 Å². The average Bonchev–Trinajstić information content (AvgIpc) is 2.05. The number of carbonyl (C=O) groups excluding carboxylic acids is 1. The van der Waals surface area contributed by atoms with Crippen LogP contribution in [0.3, 0.4) is 0 Å². The summed E-state index contributed by atoms with van der Waals surface area (Å²) in [4.78, 5) is 18.8. The molecule has 0 aliphatic carbocycles. The Morgan fingerprint density at radius 1 is 1.75 bits per heavy atom. The molecule has 0 amide bonds. The summed E-state index contributed by atoms with van der Waals surface area (Å²) in [5, 5.41) is 0. The molecule has 0 N–H and O–H groups in total. The molecule has 0 atom stereocenters. The Kier molecular flexibility index (Phi) is 3.39. The molecule has 1 aromatic rings. The van der Waals surface area contributed by atoms with Crippen LogP contribution in [-0.4, -0.2) is 22.5 Å². The topological polar surface area (TPSA) is 52.1 Å². The van der Waals surface area contributed by atoms with Gasteiger partial charge in [-0.1, -0.05) is 0 Å². The van der Waals surface area contributed by atoms with Crippen LogP contribution >= 0.6 is 22.6 Å². The quantitative estimate of drug-likeness (QED) is 0.464. The van der Waals surface area contributed by atoms with Crippen LogP contribution in [0.5, 0.6) is 0 Å². The third-order valence-electron chi connectivity index (χ3n) is 1.11. The number of ether oxygens (including phenoxy) is 1. The van der Waals surface area contributed by atoms with Gasteiger partial charge in [0.15, 0.2) is 9.53 Å². The molecule has 0 saturated heterocycles. The van der Waals surface area contributed by atoms with E-state index in [2.05, 4.69) is 9.97 Å². The normalized spacial score (nSPS) is 9.50. The summed E-state index contributed by atoms with van der Waals surface area (Å²) in [7, 11) is 0. The smallest absolute Gasteiger partial charge is 0.357 e. The Labute approximate surface area is 83.5 Å². The molecule has 0 fully saturated rings. The van der Waals surface area contributed by atoms with Crippen LogP contribution in [0.15, 0.2) is 12.3 Å². The second-order valence-corrected chi connectivity index (χ2v) is 2.90. The molecule has 0 spiro atoms. The molecule has 0 aromatic carbocycles. The minimum Gasteiger partial charge on any atom is -0.461 e. The lowest BCUT2D eigenvalue weighted by atomic mass is 10.4. The summed E-state index contributed by atoms with van der Waals surface area (Å²) in [6.07, 6.45) is 1.53. The summed E-state index contributed by atoms with van der Waals surface area (Å²) in [6.45, 7) is 2.11. The number of halogens is 1. The highest BCUT2D eigenvalue weighted by atomic mass is 127. The van der Waals surface area contributed by atoms with E-state index in [1.54, 1.807) is 6.92 Å². The Morgan fingerprint density at radius 3 is 3.08 bits per heavy atom. The molecule has 12 heavy (non-hydrogen) atoms. The second-order valence-electron chi connectivity index (χ2n) is 1.93. The lowest BCUT2D eigenvalue weighted by Gasteiger charge is -1.99. The Balaban J connectivity index is 2.81. The highest BCUT2D eigenvalue weighted by Crippen LogP contribution is 2.00. The second kappa shape index (κ2) is 4.34. The number of hydrogen-bond acceptors (Lipinski definition) is 4. The van der Waals surface area contributed by atoms with E-state index in [0.29, 0.717) is 16.1 Å². The van der Waals surface area contributed by atoms with Crippen molar-refractivity contribution >= 4 is 28.6 Å². The fourth-order valence-corrected chi connectivity index (χ4v) is 1.07. The molecule has 1 aromatic heterocycles. The largest absolute Gasteiger partial charge is 0.461 e. The summed E-state index contributed by atoms with van der Waals surface area (Å²) in [6, 6.07) is 1.53. The van der Waals surface area contributed by atoms with E-state index in [0.717, 1.165) is 0 Å². The monoisotopic (exact) mass is 278 g/mol. The van der Waals surface area contributed by atoms with Gasteiger partial charge in [-0.05, 0) is 13.0 Å². The first kappa shape index (κ1) is 9.37. The molecule has 0 unspecified atom stereocenters. The predicted molar refractivity (Wildman–Crippen MR) is 50.7 cm³/mol. The number of nitrogens with zero attached hydrogens (tertiary/aromatic N) is 2. The first-order valence-corrected chi connectivity index (χ1v) is 4.47. The minimum absolute atomic E-state index is 0.302. The van der Waals surface area contributed by atoms with E-state index < -0.39 is 5.97 Å². The molecule has 4 nitrogen and oxygen atoms in total. The van der Waals surface area contributed by atoms with Crippen LogP contribution in [0.4, 0.5) is 0 Å². The van der Waals surface area contributed by atoms with E-state index in [9.17, 15) is 4.79 Å². The number of esters is 1. The first-order chi connectivity index (χ1) is 5.74. The van der Waals surface area contributed by atoms with Crippen LogP contribution in [0.25, 0.3) is 0 Å². The van der Waals surface area contributed by atoms with Gasteiger partial charge in [0.05, 0.1) is 6.61 Å². The molecule has 64 valence electrons. The highest BCUT2D eigenvalue weighted by Gasteiger charge is 2.07. The fraction of sp³-hybridized carbons (Fsp3) is 0.286. The lowest BCUT2D eigenvalue weighted by molar-refractivity contribution is 0.0519. The van der Waals surface area contributed by atoms with Gasteiger partial charge in [0.2, 0.25) is 0 Å². The van der Waals surface area contributed by atoms with Gasteiger partial charge in [0.25, 0.3) is 0 Å². The van der Waals surface area contributed by atoms with Gasteiger partial charge in [0.1, 0.15) is 0 Å². The van der Waals surface area contributed by atoms with Gasteiger partial charge < -0.3 is 4.74 Å². The molecule has 0 radical (unpaired) electrons. The molecular formula is C7H7IN2O2. The maximum Gasteiger partial charge on any atom is 0.357 e. The van der Waals surface area contributed by atoms with Gasteiger partial charge >= 0.3 is 5.97 Å². The average molecular weight is 278 g/mol. The van der Waals surface area contributed by atoms with Gasteiger partial charge in [-0.3, -0.25) is 0 Å². The molecule has 0 bridgehead atoms. The standard InChI is InChI=1S/C7H7IN2O2/c1-2-12-6(11)5-3-4-9-7(8)10-5/h3-4H,2H2,1H3. The van der Waals surface area contributed by atoms with Crippen LogP contribution in [0.2, 0.25) is 0 Å². The summed E-state index contributed by atoms with van der Waals surface area (Å²) < 4.78 is 5.29.